The summed E-state index contributed by atoms with van der Waals surface area (Å²) in [5.41, 5.74) is 1.53. The zero-order valence-corrected chi connectivity index (χ0v) is 22.2. The van der Waals surface area contributed by atoms with Gasteiger partial charge in [0.2, 0.25) is 0 Å². The normalized spacial score (nSPS) is 15.4. The molecule has 0 fully saturated rings. The standard InChI is InChI=1S/C28H35BO2S2/c1-6-32(4,7-2)23-17-19-13-9-11-15-21(19)25(27(23)30)26-22-16-12-10-14-20(22)18-24(28(26)31)33(5,29)8-3/h9-18,30-31H,6-8,29H2,1-5H3. The summed E-state index contributed by atoms with van der Waals surface area (Å²) in [7, 11) is -0.119. The van der Waals surface area contributed by atoms with E-state index in [2.05, 4.69) is 82.9 Å². The molecule has 0 amide bonds. The van der Waals surface area contributed by atoms with Gasteiger partial charge in [-0.1, -0.05) is 69.3 Å². The van der Waals surface area contributed by atoms with Gasteiger partial charge in [-0.05, 0) is 63.4 Å². The number of fused-ring (bicyclic) bond motifs is 2. The zero-order chi connectivity index (χ0) is 24.0. The highest BCUT2D eigenvalue weighted by Gasteiger charge is 2.28. The van der Waals surface area contributed by atoms with Crippen molar-refractivity contribution >= 4 is 48.6 Å². The third-order valence-electron chi connectivity index (χ3n) is 7.35. The van der Waals surface area contributed by atoms with Crippen LogP contribution >= 0.6 is 19.9 Å². The lowest BCUT2D eigenvalue weighted by molar-refractivity contribution is 0.457. The topological polar surface area (TPSA) is 40.5 Å². The number of hydrogen-bond acceptors (Lipinski definition) is 2. The van der Waals surface area contributed by atoms with Gasteiger partial charge in [0, 0.05) is 20.9 Å². The van der Waals surface area contributed by atoms with Crippen molar-refractivity contribution in [2.45, 2.75) is 30.6 Å². The molecule has 0 aliphatic carbocycles. The maximum atomic E-state index is 11.9. The van der Waals surface area contributed by atoms with E-state index in [-0.39, 0.29) is 0 Å². The molecule has 33 heavy (non-hydrogen) atoms. The Morgan fingerprint density at radius 3 is 1.55 bits per heavy atom. The van der Waals surface area contributed by atoms with Gasteiger partial charge < -0.3 is 10.2 Å². The summed E-state index contributed by atoms with van der Waals surface area (Å²) in [5, 5.41) is 27.9. The second-order valence-electron chi connectivity index (χ2n) is 9.32. The van der Waals surface area contributed by atoms with Gasteiger partial charge in [-0.2, -0.15) is 0 Å². The summed E-state index contributed by atoms with van der Waals surface area (Å²) in [6.45, 7) is 6.62. The predicted molar refractivity (Wildman–Crippen MR) is 154 cm³/mol. The van der Waals surface area contributed by atoms with Crippen molar-refractivity contribution in [1.82, 2.24) is 0 Å². The third-order valence-corrected chi connectivity index (χ3v) is 14.2. The number of phenols is 2. The molecule has 4 aromatic rings. The van der Waals surface area contributed by atoms with Gasteiger partial charge in [-0.3, -0.25) is 9.88 Å². The average Bonchev–Trinajstić information content (AvgIpc) is 2.83. The van der Waals surface area contributed by atoms with Crippen molar-refractivity contribution in [3.8, 4) is 22.6 Å². The number of benzene rings is 4. The molecule has 0 radical (unpaired) electrons. The lowest BCUT2D eigenvalue weighted by Crippen LogP contribution is -2.06. The van der Waals surface area contributed by atoms with Crippen molar-refractivity contribution in [1.29, 1.82) is 0 Å². The minimum Gasteiger partial charge on any atom is -0.506 e. The molecule has 5 heteroatoms. The molecule has 0 bridgehead atoms. The van der Waals surface area contributed by atoms with E-state index in [0.717, 1.165) is 59.7 Å². The summed E-state index contributed by atoms with van der Waals surface area (Å²) in [5.74, 6) is 3.65. The summed E-state index contributed by atoms with van der Waals surface area (Å²) < 4.78 is 0. The fraction of sp³-hybridized carbons (Fsp3) is 0.286. The first-order chi connectivity index (χ1) is 15.7. The quantitative estimate of drug-likeness (QED) is 0.286. The SMILES string of the molecule is BS(C)(CC)c1cc2ccccc2c(-c2c(O)c(S(C)(CC)CC)cc3ccccc23)c1O. The van der Waals surface area contributed by atoms with E-state index in [0.29, 0.717) is 11.5 Å². The Hall–Kier alpha value is -2.24. The van der Waals surface area contributed by atoms with Gasteiger partial charge in [-0.25, -0.2) is 10.0 Å². The van der Waals surface area contributed by atoms with Crippen LogP contribution in [0, 0.1) is 0 Å². The van der Waals surface area contributed by atoms with E-state index >= 15 is 0 Å². The highest BCUT2D eigenvalue weighted by Crippen LogP contribution is 2.61. The summed E-state index contributed by atoms with van der Waals surface area (Å²) in [6, 6.07) is 20.8. The van der Waals surface area contributed by atoms with Crippen molar-refractivity contribution in [2.24, 2.45) is 0 Å². The number of phenolic OH excluding ortho intramolecular Hbond substituents is 2. The first kappa shape index (κ1) is 23.9. The van der Waals surface area contributed by atoms with Gasteiger partial charge in [0.15, 0.2) is 7.12 Å². The Balaban J connectivity index is 2.24. The smallest absolute Gasteiger partial charge is 0.158 e. The number of hydrogen-bond donors (Lipinski definition) is 2. The van der Waals surface area contributed by atoms with Crippen LogP contribution < -0.4 is 0 Å². The van der Waals surface area contributed by atoms with E-state index in [1.807, 2.05) is 18.2 Å². The summed E-state index contributed by atoms with van der Waals surface area (Å²) >= 11 is 0. The average molecular weight is 479 g/mol. The van der Waals surface area contributed by atoms with Crippen LogP contribution in [0.2, 0.25) is 0 Å². The third kappa shape index (κ3) is 3.89. The molecule has 2 nitrogen and oxygen atoms in total. The first-order valence-corrected chi connectivity index (χ1v) is 16.6. The van der Waals surface area contributed by atoms with Crippen LogP contribution in [0.5, 0.6) is 11.5 Å². The molecule has 4 aromatic carbocycles. The predicted octanol–water partition coefficient (Wildman–Crippen LogP) is 7.27. The summed E-state index contributed by atoms with van der Waals surface area (Å²) in [4.78, 5) is 2.05. The Kier molecular flexibility index (Phi) is 6.41. The van der Waals surface area contributed by atoms with Crippen LogP contribution in [0.4, 0.5) is 0 Å². The fourth-order valence-corrected chi connectivity index (χ4v) is 7.99. The van der Waals surface area contributed by atoms with Gasteiger partial charge in [0.1, 0.15) is 11.5 Å². The molecular formula is C28H35BO2S2. The van der Waals surface area contributed by atoms with Gasteiger partial charge >= 0.3 is 0 Å². The number of aromatic hydroxyl groups is 2. The Morgan fingerprint density at radius 2 is 1.09 bits per heavy atom. The van der Waals surface area contributed by atoms with Gasteiger partial charge in [0.05, 0.1) is 0 Å². The molecule has 0 saturated carbocycles. The van der Waals surface area contributed by atoms with Crippen molar-refractivity contribution in [2.75, 3.05) is 29.8 Å². The molecule has 0 aliphatic heterocycles. The maximum absolute atomic E-state index is 11.9. The fourth-order valence-electron chi connectivity index (χ4n) is 4.60. The molecule has 0 heterocycles. The maximum Gasteiger partial charge on any atom is 0.158 e. The zero-order valence-electron chi connectivity index (χ0n) is 20.6. The monoisotopic (exact) mass is 478 g/mol. The molecule has 1 unspecified atom stereocenters. The molecule has 0 saturated heterocycles. The van der Waals surface area contributed by atoms with E-state index in [1.165, 1.54) is 0 Å². The second kappa shape index (κ2) is 8.85. The van der Waals surface area contributed by atoms with Crippen LogP contribution in [0.3, 0.4) is 0 Å². The first-order valence-electron chi connectivity index (χ1n) is 11.6. The van der Waals surface area contributed by atoms with Crippen molar-refractivity contribution in [3.05, 3.63) is 60.7 Å². The Labute approximate surface area is 202 Å². The van der Waals surface area contributed by atoms with Gasteiger partial charge in [0.25, 0.3) is 0 Å². The highest BCUT2D eigenvalue weighted by atomic mass is 32.3. The molecule has 0 aliphatic rings. The van der Waals surface area contributed by atoms with E-state index in [9.17, 15) is 10.2 Å². The molecule has 0 aromatic heterocycles. The lowest BCUT2D eigenvalue weighted by Gasteiger charge is -2.36. The van der Waals surface area contributed by atoms with Crippen molar-refractivity contribution in [3.63, 3.8) is 0 Å². The molecule has 174 valence electrons. The van der Waals surface area contributed by atoms with E-state index < -0.39 is 19.9 Å². The molecule has 2 N–H and O–H groups in total. The van der Waals surface area contributed by atoms with Crippen LogP contribution in [0.1, 0.15) is 20.8 Å². The highest BCUT2D eigenvalue weighted by molar-refractivity contribution is 8.49. The molecule has 4 rings (SSSR count). The van der Waals surface area contributed by atoms with Crippen LogP contribution in [-0.2, 0) is 0 Å². The largest absolute Gasteiger partial charge is 0.506 e. The second-order valence-corrected chi connectivity index (χ2v) is 17.6. The van der Waals surface area contributed by atoms with Crippen LogP contribution in [-0.4, -0.2) is 47.1 Å². The van der Waals surface area contributed by atoms with Crippen molar-refractivity contribution < 1.29 is 10.2 Å². The lowest BCUT2D eigenvalue weighted by atomic mass is 9.92. The van der Waals surface area contributed by atoms with E-state index in [1.54, 1.807) is 0 Å². The molecule has 0 spiro atoms. The number of rotatable bonds is 6. The van der Waals surface area contributed by atoms with Gasteiger partial charge in [-0.15, -0.1) is 0 Å². The minimum absolute atomic E-state index is 0.317. The summed E-state index contributed by atoms with van der Waals surface area (Å²) in [6.07, 6.45) is 4.56. The molecule has 1 atom stereocenters. The Morgan fingerprint density at radius 1 is 0.667 bits per heavy atom. The minimum atomic E-state index is -1.19. The van der Waals surface area contributed by atoms with Crippen LogP contribution in [0.15, 0.2) is 70.5 Å². The van der Waals surface area contributed by atoms with Crippen LogP contribution in [0.25, 0.3) is 32.7 Å². The van der Waals surface area contributed by atoms with E-state index in [4.69, 9.17) is 0 Å². The Bertz CT molecular complexity index is 1340. The molecular weight excluding hydrogens is 443 g/mol.